The fraction of sp³-hybridized carbons (Fsp3) is 0.231. The molecular weight excluding hydrogens is 200 g/mol. The first-order valence-electron chi connectivity index (χ1n) is 5.30. The topological polar surface area (TPSA) is 34.9 Å². The smallest absolute Gasteiger partial charge is 0.158 e. The van der Waals surface area contributed by atoms with Gasteiger partial charge in [-0.1, -0.05) is 30.3 Å². The highest BCUT2D eigenvalue weighted by Crippen LogP contribution is 2.02. The largest absolute Gasteiger partial charge is 0.297 e. The van der Waals surface area contributed by atoms with E-state index in [2.05, 4.69) is 5.10 Å². The summed E-state index contributed by atoms with van der Waals surface area (Å²) in [5.74, 6) is 0.179. The summed E-state index contributed by atoms with van der Waals surface area (Å²) in [5.41, 5.74) is 2.07. The third-order valence-corrected chi connectivity index (χ3v) is 2.50. The van der Waals surface area contributed by atoms with Gasteiger partial charge in [-0.3, -0.25) is 9.48 Å². The lowest BCUT2D eigenvalue weighted by atomic mass is 10.1. The van der Waals surface area contributed by atoms with Crippen LogP contribution in [0.25, 0.3) is 0 Å². The van der Waals surface area contributed by atoms with Gasteiger partial charge in [0.2, 0.25) is 0 Å². The van der Waals surface area contributed by atoms with Gasteiger partial charge in [-0.2, -0.15) is 5.10 Å². The summed E-state index contributed by atoms with van der Waals surface area (Å²) in [4.78, 5) is 11.8. The predicted molar refractivity (Wildman–Crippen MR) is 62.1 cm³/mol. The van der Waals surface area contributed by atoms with Crippen LogP contribution in [-0.2, 0) is 17.8 Å². The van der Waals surface area contributed by atoms with E-state index in [9.17, 15) is 4.79 Å². The molecule has 3 heteroatoms. The van der Waals surface area contributed by atoms with Gasteiger partial charge >= 0.3 is 0 Å². The van der Waals surface area contributed by atoms with E-state index in [0.29, 0.717) is 13.0 Å². The van der Waals surface area contributed by atoms with Crippen LogP contribution in [0.4, 0.5) is 0 Å². The zero-order valence-corrected chi connectivity index (χ0v) is 9.26. The lowest BCUT2D eigenvalue weighted by molar-refractivity contribution is -0.119. The second-order valence-electron chi connectivity index (χ2n) is 3.83. The minimum Gasteiger partial charge on any atom is -0.297 e. The molecule has 0 radical (unpaired) electrons. The molecule has 0 atom stereocenters. The zero-order chi connectivity index (χ0) is 11.4. The average Bonchev–Trinajstić information content (AvgIpc) is 2.66. The van der Waals surface area contributed by atoms with E-state index in [1.165, 1.54) is 0 Å². The number of aromatic nitrogens is 2. The standard InChI is InChI=1S/C13H14N2O/c1-11-7-8-14-15(11)10-13(16)9-12-5-3-2-4-6-12/h2-8H,9-10H2,1H3. The monoisotopic (exact) mass is 214 g/mol. The Balaban J connectivity index is 1.98. The van der Waals surface area contributed by atoms with E-state index < -0.39 is 0 Å². The zero-order valence-electron chi connectivity index (χ0n) is 9.26. The lowest BCUT2D eigenvalue weighted by Crippen LogP contribution is -2.14. The fourth-order valence-corrected chi connectivity index (χ4v) is 1.61. The van der Waals surface area contributed by atoms with Crippen LogP contribution < -0.4 is 0 Å². The summed E-state index contributed by atoms with van der Waals surface area (Å²) in [6, 6.07) is 11.7. The highest BCUT2D eigenvalue weighted by Gasteiger charge is 2.06. The first-order chi connectivity index (χ1) is 7.75. The molecule has 3 nitrogen and oxygen atoms in total. The van der Waals surface area contributed by atoms with Crippen LogP contribution in [0.15, 0.2) is 42.6 Å². The summed E-state index contributed by atoms with van der Waals surface area (Å²) in [6.45, 7) is 2.30. The van der Waals surface area contributed by atoms with E-state index in [1.54, 1.807) is 10.9 Å². The average molecular weight is 214 g/mol. The first-order valence-corrected chi connectivity index (χ1v) is 5.30. The van der Waals surface area contributed by atoms with Crippen molar-refractivity contribution in [2.75, 3.05) is 0 Å². The summed E-state index contributed by atoms with van der Waals surface area (Å²) in [5, 5.41) is 4.09. The number of Topliss-reactive ketones (excluding diaryl/α,β-unsaturated/α-hetero) is 1. The van der Waals surface area contributed by atoms with Gasteiger partial charge in [0.1, 0.15) is 6.54 Å². The van der Waals surface area contributed by atoms with E-state index in [0.717, 1.165) is 11.3 Å². The predicted octanol–water partition coefficient (Wildman–Crippen LogP) is 2.00. The van der Waals surface area contributed by atoms with E-state index in [4.69, 9.17) is 0 Å². The summed E-state index contributed by atoms with van der Waals surface area (Å²) >= 11 is 0. The Morgan fingerprint density at radius 3 is 2.62 bits per heavy atom. The quantitative estimate of drug-likeness (QED) is 0.780. The SMILES string of the molecule is Cc1ccnn1CC(=O)Cc1ccccc1. The number of carbonyl (C=O) groups excluding carboxylic acids is 1. The number of benzene rings is 1. The number of hydrogen-bond donors (Lipinski definition) is 0. The third-order valence-electron chi connectivity index (χ3n) is 2.50. The molecule has 0 aliphatic heterocycles. The van der Waals surface area contributed by atoms with Gasteiger partial charge in [-0.25, -0.2) is 0 Å². The Labute approximate surface area is 94.7 Å². The molecular formula is C13H14N2O. The van der Waals surface area contributed by atoms with Crippen molar-refractivity contribution in [2.45, 2.75) is 19.9 Å². The van der Waals surface area contributed by atoms with Gasteiger partial charge in [0.05, 0.1) is 0 Å². The second kappa shape index (κ2) is 4.75. The molecule has 0 spiro atoms. The molecule has 2 rings (SSSR count). The van der Waals surface area contributed by atoms with Crippen LogP contribution in [0.1, 0.15) is 11.3 Å². The van der Waals surface area contributed by atoms with Gasteiger partial charge in [-0.05, 0) is 18.6 Å². The van der Waals surface area contributed by atoms with Crippen LogP contribution >= 0.6 is 0 Å². The number of nitrogens with zero attached hydrogens (tertiary/aromatic N) is 2. The van der Waals surface area contributed by atoms with Crippen LogP contribution in [0, 0.1) is 6.92 Å². The van der Waals surface area contributed by atoms with Gasteiger partial charge < -0.3 is 0 Å². The van der Waals surface area contributed by atoms with Crippen molar-refractivity contribution >= 4 is 5.78 Å². The minimum absolute atomic E-state index is 0.179. The molecule has 0 N–H and O–H groups in total. The molecule has 0 saturated heterocycles. The maximum atomic E-state index is 11.8. The van der Waals surface area contributed by atoms with Crippen molar-refractivity contribution < 1.29 is 4.79 Å². The minimum atomic E-state index is 0.179. The van der Waals surface area contributed by atoms with Crippen molar-refractivity contribution in [1.82, 2.24) is 9.78 Å². The molecule has 0 aliphatic rings. The summed E-state index contributed by atoms with van der Waals surface area (Å²) < 4.78 is 1.73. The summed E-state index contributed by atoms with van der Waals surface area (Å²) in [6.07, 6.45) is 2.19. The summed E-state index contributed by atoms with van der Waals surface area (Å²) in [7, 11) is 0. The fourth-order valence-electron chi connectivity index (χ4n) is 1.61. The molecule has 0 fully saturated rings. The van der Waals surface area contributed by atoms with Crippen molar-refractivity contribution in [2.24, 2.45) is 0 Å². The van der Waals surface area contributed by atoms with Gasteiger partial charge in [0.25, 0.3) is 0 Å². The normalized spacial score (nSPS) is 10.3. The maximum Gasteiger partial charge on any atom is 0.158 e. The Bertz CT molecular complexity index is 474. The van der Waals surface area contributed by atoms with E-state index in [1.807, 2.05) is 43.3 Å². The Kier molecular flexibility index (Phi) is 3.15. The van der Waals surface area contributed by atoms with Crippen molar-refractivity contribution in [3.8, 4) is 0 Å². The number of hydrogen-bond acceptors (Lipinski definition) is 2. The molecule has 1 heterocycles. The van der Waals surface area contributed by atoms with E-state index >= 15 is 0 Å². The van der Waals surface area contributed by atoms with Crippen molar-refractivity contribution in [3.05, 3.63) is 53.9 Å². The maximum absolute atomic E-state index is 11.8. The van der Waals surface area contributed by atoms with E-state index in [-0.39, 0.29) is 5.78 Å². The highest BCUT2D eigenvalue weighted by atomic mass is 16.1. The molecule has 2 aromatic rings. The molecule has 1 aromatic heterocycles. The van der Waals surface area contributed by atoms with Crippen molar-refractivity contribution in [1.29, 1.82) is 0 Å². The van der Waals surface area contributed by atoms with Crippen molar-refractivity contribution in [3.63, 3.8) is 0 Å². The van der Waals surface area contributed by atoms with Gasteiger partial charge in [-0.15, -0.1) is 0 Å². The molecule has 0 bridgehead atoms. The van der Waals surface area contributed by atoms with Crippen LogP contribution in [0.2, 0.25) is 0 Å². The lowest BCUT2D eigenvalue weighted by Gasteiger charge is -2.03. The Morgan fingerprint density at radius 2 is 2.00 bits per heavy atom. The van der Waals surface area contributed by atoms with Crippen LogP contribution in [-0.4, -0.2) is 15.6 Å². The molecule has 0 unspecified atom stereocenters. The number of ketones is 1. The molecule has 0 saturated carbocycles. The first kappa shape index (κ1) is 10.6. The molecule has 16 heavy (non-hydrogen) atoms. The van der Waals surface area contributed by atoms with Gasteiger partial charge in [0, 0.05) is 18.3 Å². The van der Waals surface area contributed by atoms with Gasteiger partial charge in [0.15, 0.2) is 5.78 Å². The molecule has 82 valence electrons. The highest BCUT2D eigenvalue weighted by molar-refractivity contribution is 5.80. The third kappa shape index (κ3) is 2.57. The number of carbonyl (C=O) groups is 1. The molecule has 0 amide bonds. The Hall–Kier alpha value is -1.90. The number of aryl methyl sites for hydroxylation is 1. The number of rotatable bonds is 4. The van der Waals surface area contributed by atoms with Crippen LogP contribution in [0.5, 0.6) is 0 Å². The second-order valence-corrected chi connectivity index (χ2v) is 3.83. The van der Waals surface area contributed by atoms with Crippen LogP contribution in [0.3, 0.4) is 0 Å². The molecule has 0 aliphatic carbocycles. The Morgan fingerprint density at radius 1 is 1.25 bits per heavy atom. The molecule has 1 aromatic carbocycles.